The first-order valence-electron chi connectivity index (χ1n) is 10.7. The Bertz CT molecular complexity index is 1530. The highest BCUT2D eigenvalue weighted by Gasteiger charge is 2.31. The molecule has 0 fully saturated rings. The van der Waals surface area contributed by atoms with Crippen LogP contribution >= 0.6 is 0 Å². The monoisotopic (exact) mass is 476 g/mol. The summed E-state index contributed by atoms with van der Waals surface area (Å²) in [6.07, 6.45) is -4.76. The maximum Gasteiger partial charge on any atom is 0.573 e. The molecule has 0 amide bonds. The van der Waals surface area contributed by atoms with E-state index in [4.69, 9.17) is 9.72 Å². The molecule has 4 aromatic carbocycles. The summed E-state index contributed by atoms with van der Waals surface area (Å²) in [4.78, 5) is 17.0. The number of fused-ring (bicyclic) bond motifs is 2. The first kappa shape index (κ1) is 22.5. The van der Waals surface area contributed by atoms with Crippen LogP contribution in [0.25, 0.3) is 33.2 Å². The topological polar surface area (TPSA) is 53.3 Å². The number of rotatable bonds is 5. The molecule has 5 nitrogen and oxygen atoms in total. The third kappa shape index (κ3) is 4.55. The molecule has 1 aromatic heterocycles. The molecule has 0 atom stereocenters. The molecule has 0 unspecified atom stereocenters. The summed E-state index contributed by atoms with van der Waals surface area (Å²) in [5.41, 5.74) is 3.39. The van der Waals surface area contributed by atoms with Gasteiger partial charge in [0.15, 0.2) is 0 Å². The summed E-state index contributed by atoms with van der Waals surface area (Å²) >= 11 is 0. The van der Waals surface area contributed by atoms with Gasteiger partial charge < -0.3 is 14.0 Å². The number of alkyl halides is 3. The van der Waals surface area contributed by atoms with E-state index in [0.29, 0.717) is 29.0 Å². The Labute approximate surface area is 198 Å². The van der Waals surface area contributed by atoms with Gasteiger partial charge in [-0.2, -0.15) is 0 Å². The average molecular weight is 476 g/mol. The number of benzene rings is 4. The third-order valence-corrected chi connectivity index (χ3v) is 5.70. The molecular weight excluding hydrogens is 457 g/mol. The van der Waals surface area contributed by atoms with E-state index in [1.807, 2.05) is 47.0 Å². The van der Waals surface area contributed by atoms with Crippen molar-refractivity contribution in [2.24, 2.45) is 0 Å². The van der Waals surface area contributed by atoms with E-state index in [9.17, 15) is 18.0 Å². The first-order chi connectivity index (χ1) is 16.8. The SMILES string of the molecule is COC(=O)c1ccc2nc(-c3cccc4ccccc34)n(Cc3ccc(OC(F)(F)F)cc3)c2c1. The van der Waals surface area contributed by atoms with Crippen molar-refractivity contribution in [3.8, 4) is 17.1 Å². The Morgan fingerprint density at radius 2 is 1.69 bits per heavy atom. The fourth-order valence-corrected chi connectivity index (χ4v) is 4.13. The molecule has 0 saturated heterocycles. The standard InChI is InChI=1S/C27H19F3N2O3/c1-34-26(33)19-11-14-23-24(15-19)32(16-17-9-12-20(13-10-17)35-27(28,29)30)25(31-23)22-8-4-6-18-5-2-3-7-21(18)22/h2-15H,16H2,1H3. The molecule has 1 heterocycles. The average Bonchev–Trinajstić information content (AvgIpc) is 3.20. The van der Waals surface area contributed by atoms with Gasteiger partial charge in [0.1, 0.15) is 11.6 Å². The number of ether oxygens (including phenoxy) is 2. The predicted molar refractivity (Wildman–Crippen MR) is 126 cm³/mol. The first-order valence-corrected chi connectivity index (χ1v) is 10.7. The lowest BCUT2D eigenvalue weighted by molar-refractivity contribution is -0.274. The van der Waals surface area contributed by atoms with Gasteiger partial charge >= 0.3 is 12.3 Å². The molecule has 0 spiro atoms. The van der Waals surface area contributed by atoms with Gasteiger partial charge in [0.2, 0.25) is 0 Å². The predicted octanol–water partition coefficient (Wildman–Crippen LogP) is 6.59. The number of carbonyl (C=O) groups is 1. The number of halogens is 3. The van der Waals surface area contributed by atoms with Crippen LogP contribution in [0.1, 0.15) is 15.9 Å². The van der Waals surface area contributed by atoms with Crippen molar-refractivity contribution >= 4 is 27.8 Å². The Morgan fingerprint density at radius 1 is 0.943 bits per heavy atom. The zero-order valence-corrected chi connectivity index (χ0v) is 18.5. The molecule has 35 heavy (non-hydrogen) atoms. The quantitative estimate of drug-likeness (QED) is 0.269. The normalized spacial score (nSPS) is 11.7. The second-order valence-electron chi connectivity index (χ2n) is 7.94. The molecule has 0 radical (unpaired) electrons. The Balaban J connectivity index is 1.65. The Kier molecular flexibility index (Phi) is 5.64. The number of imidazole rings is 1. The fraction of sp³-hybridized carbons (Fsp3) is 0.111. The number of carbonyl (C=O) groups excluding carboxylic acids is 1. The van der Waals surface area contributed by atoms with Crippen LogP contribution in [0.3, 0.4) is 0 Å². The van der Waals surface area contributed by atoms with E-state index in [1.165, 1.54) is 19.2 Å². The summed E-state index contributed by atoms with van der Waals surface area (Å²) in [6.45, 7) is 0.311. The van der Waals surface area contributed by atoms with Gasteiger partial charge in [-0.3, -0.25) is 0 Å². The maximum absolute atomic E-state index is 12.5. The van der Waals surface area contributed by atoms with Crippen molar-refractivity contribution in [2.75, 3.05) is 7.11 Å². The summed E-state index contributed by atoms with van der Waals surface area (Å²) in [5.74, 6) is -0.0894. The van der Waals surface area contributed by atoms with Crippen LogP contribution in [-0.2, 0) is 11.3 Å². The minimum Gasteiger partial charge on any atom is -0.465 e. The Morgan fingerprint density at radius 3 is 2.43 bits per heavy atom. The molecule has 5 aromatic rings. The van der Waals surface area contributed by atoms with Crippen LogP contribution in [0.4, 0.5) is 13.2 Å². The van der Waals surface area contributed by atoms with Gasteiger partial charge in [-0.1, -0.05) is 54.6 Å². The molecule has 5 rings (SSSR count). The van der Waals surface area contributed by atoms with Crippen molar-refractivity contribution in [3.05, 3.63) is 96.1 Å². The summed E-state index contributed by atoms with van der Waals surface area (Å²) < 4.78 is 48.5. The third-order valence-electron chi connectivity index (χ3n) is 5.70. The molecular formula is C27H19F3N2O3. The van der Waals surface area contributed by atoms with E-state index in [1.54, 1.807) is 30.3 Å². The van der Waals surface area contributed by atoms with Crippen LogP contribution in [0.2, 0.25) is 0 Å². The number of nitrogens with zero attached hydrogens (tertiary/aromatic N) is 2. The number of aromatic nitrogens is 2. The van der Waals surface area contributed by atoms with Crippen LogP contribution in [0.5, 0.6) is 5.75 Å². The molecule has 0 saturated carbocycles. The van der Waals surface area contributed by atoms with Gasteiger partial charge in [0, 0.05) is 12.1 Å². The van der Waals surface area contributed by atoms with Gasteiger partial charge in [-0.05, 0) is 46.7 Å². The lowest BCUT2D eigenvalue weighted by Crippen LogP contribution is -2.17. The molecule has 176 valence electrons. The molecule has 0 aliphatic heterocycles. The van der Waals surface area contributed by atoms with E-state index < -0.39 is 12.3 Å². The lowest BCUT2D eigenvalue weighted by Gasteiger charge is -2.13. The molecule has 0 aliphatic rings. The highest BCUT2D eigenvalue weighted by Crippen LogP contribution is 2.32. The van der Waals surface area contributed by atoms with Crippen molar-refractivity contribution in [1.82, 2.24) is 9.55 Å². The number of esters is 1. The molecule has 8 heteroatoms. The van der Waals surface area contributed by atoms with E-state index in [2.05, 4.69) is 4.74 Å². The fourth-order valence-electron chi connectivity index (χ4n) is 4.13. The zero-order chi connectivity index (χ0) is 24.6. The maximum atomic E-state index is 12.5. The molecule has 0 bridgehead atoms. The van der Waals surface area contributed by atoms with Crippen LogP contribution in [0, 0.1) is 0 Å². The van der Waals surface area contributed by atoms with Crippen molar-refractivity contribution in [3.63, 3.8) is 0 Å². The largest absolute Gasteiger partial charge is 0.573 e. The number of hydrogen-bond donors (Lipinski definition) is 0. The van der Waals surface area contributed by atoms with Crippen molar-refractivity contribution in [2.45, 2.75) is 12.9 Å². The highest BCUT2D eigenvalue weighted by atomic mass is 19.4. The van der Waals surface area contributed by atoms with Crippen LogP contribution in [0.15, 0.2) is 84.9 Å². The second kappa shape index (κ2) is 8.79. The van der Waals surface area contributed by atoms with Crippen molar-refractivity contribution in [1.29, 1.82) is 0 Å². The highest BCUT2D eigenvalue weighted by molar-refractivity contribution is 5.98. The van der Waals surface area contributed by atoms with Gasteiger partial charge in [0.25, 0.3) is 0 Å². The second-order valence-corrected chi connectivity index (χ2v) is 7.94. The zero-order valence-electron chi connectivity index (χ0n) is 18.5. The van der Waals surface area contributed by atoms with Gasteiger partial charge in [-0.15, -0.1) is 13.2 Å². The smallest absolute Gasteiger partial charge is 0.465 e. The number of methoxy groups -OCH3 is 1. The number of hydrogen-bond acceptors (Lipinski definition) is 4. The Hall–Kier alpha value is -4.33. The van der Waals surface area contributed by atoms with E-state index in [-0.39, 0.29) is 5.75 Å². The minimum absolute atomic E-state index is 0.293. The summed E-state index contributed by atoms with van der Waals surface area (Å²) in [7, 11) is 1.32. The van der Waals surface area contributed by atoms with E-state index in [0.717, 1.165) is 21.9 Å². The van der Waals surface area contributed by atoms with Crippen molar-refractivity contribution < 1.29 is 27.4 Å². The van der Waals surface area contributed by atoms with Crippen LogP contribution in [-0.4, -0.2) is 29.0 Å². The molecule has 0 aliphatic carbocycles. The summed E-state index contributed by atoms with van der Waals surface area (Å²) in [5, 5.41) is 2.06. The van der Waals surface area contributed by atoms with Crippen LogP contribution < -0.4 is 4.74 Å². The minimum atomic E-state index is -4.76. The van der Waals surface area contributed by atoms with Gasteiger partial charge in [-0.25, -0.2) is 9.78 Å². The lowest BCUT2D eigenvalue weighted by atomic mass is 10.0. The van der Waals surface area contributed by atoms with Gasteiger partial charge in [0.05, 0.1) is 23.7 Å². The summed E-state index contributed by atoms with van der Waals surface area (Å²) in [6, 6.07) is 24.7. The molecule has 0 N–H and O–H groups in total. The van der Waals surface area contributed by atoms with E-state index >= 15 is 0 Å².